The number of benzene rings is 4. The molecule has 6 nitrogen and oxygen atoms in total. The highest BCUT2D eigenvalue weighted by molar-refractivity contribution is 6.69. The number of hydrogen-bond acceptors (Lipinski definition) is 4. The normalized spacial score (nSPS) is 22.9. The van der Waals surface area contributed by atoms with Crippen molar-refractivity contribution in [1.29, 1.82) is 10.5 Å². The molecule has 4 atom stereocenters. The second-order valence-corrected chi connectivity index (χ2v) is 14.4. The fourth-order valence-electron chi connectivity index (χ4n) is 7.54. The van der Waals surface area contributed by atoms with E-state index in [0.717, 1.165) is 33.4 Å². The van der Waals surface area contributed by atoms with Crippen molar-refractivity contribution < 1.29 is 9.59 Å². The van der Waals surface area contributed by atoms with Crippen molar-refractivity contribution in [1.82, 2.24) is 0 Å². The van der Waals surface area contributed by atoms with Gasteiger partial charge >= 0.3 is 0 Å². The summed E-state index contributed by atoms with van der Waals surface area (Å²) in [6, 6.07) is 41.5. The number of allylic oxidation sites excluding steroid dienone is 16. The number of nitriles is 2. The van der Waals surface area contributed by atoms with Crippen molar-refractivity contribution in [3.05, 3.63) is 228 Å². The monoisotopic (exact) mass is 792 g/mol. The van der Waals surface area contributed by atoms with Crippen LogP contribution in [0.25, 0.3) is 11.1 Å². The van der Waals surface area contributed by atoms with Gasteiger partial charge in [-0.3, -0.25) is 9.59 Å². The van der Waals surface area contributed by atoms with Crippen molar-refractivity contribution in [3.8, 4) is 12.1 Å². The van der Waals surface area contributed by atoms with Gasteiger partial charge in [0.15, 0.2) is 0 Å². The van der Waals surface area contributed by atoms with Crippen molar-refractivity contribution in [2.45, 2.75) is 0 Å². The standard InChI is InChI=1S/2C25H17ClN2O/c2*26-24(28-23(29)19-12-6-2-7-13-19)25(17-27)21-15-9-3-8-14-20(21)16-22(25)18-10-4-1-5-11-18/h2*1-16,21H/t2*21-,25-/m00/s1. The predicted molar refractivity (Wildman–Crippen MR) is 233 cm³/mol. The van der Waals surface area contributed by atoms with Crippen LogP contribution in [0.5, 0.6) is 0 Å². The molecule has 0 aromatic heterocycles. The molecule has 0 N–H and O–H groups in total. The third-order valence-corrected chi connectivity index (χ3v) is 11.1. The molecule has 58 heavy (non-hydrogen) atoms. The molecule has 8 heteroatoms. The lowest BCUT2D eigenvalue weighted by atomic mass is 9.72. The summed E-state index contributed by atoms with van der Waals surface area (Å²) in [7, 11) is 0. The molecule has 4 aromatic carbocycles. The number of hydrogen-bond donors (Lipinski definition) is 0. The average molecular weight is 794 g/mol. The van der Waals surface area contributed by atoms with Gasteiger partial charge in [-0.2, -0.15) is 20.5 Å². The first kappa shape index (κ1) is 39.3. The van der Waals surface area contributed by atoms with Crippen LogP contribution < -0.4 is 0 Å². The maximum atomic E-state index is 12.7. The molecule has 4 aromatic rings. The molecule has 2 amide bonds. The van der Waals surface area contributed by atoms with Gasteiger partial charge in [0.25, 0.3) is 11.8 Å². The van der Waals surface area contributed by atoms with Gasteiger partial charge in [-0.15, -0.1) is 0 Å². The summed E-state index contributed by atoms with van der Waals surface area (Å²) < 4.78 is 0. The van der Waals surface area contributed by atoms with E-state index in [4.69, 9.17) is 23.2 Å². The number of carbonyl (C=O) groups excluding carboxylic acids is 2. The molecule has 0 heterocycles. The minimum absolute atomic E-state index is 0.0242. The molecule has 0 spiro atoms. The van der Waals surface area contributed by atoms with Crippen LogP contribution in [0.15, 0.2) is 215 Å². The van der Waals surface area contributed by atoms with Gasteiger partial charge in [-0.05, 0) is 57.7 Å². The Balaban J connectivity index is 0.000000177. The molecule has 4 aliphatic carbocycles. The van der Waals surface area contributed by atoms with E-state index in [1.165, 1.54) is 0 Å². The summed E-state index contributed by atoms with van der Waals surface area (Å²) in [6.45, 7) is 0. The molecule has 0 unspecified atom stereocenters. The summed E-state index contributed by atoms with van der Waals surface area (Å²) in [4.78, 5) is 33.7. The number of carbonyl (C=O) groups is 2. The molecular weight excluding hydrogens is 759 g/mol. The number of halogens is 2. The Labute approximate surface area is 347 Å². The van der Waals surface area contributed by atoms with Gasteiger partial charge < -0.3 is 0 Å². The van der Waals surface area contributed by atoms with Crippen LogP contribution in [0.4, 0.5) is 0 Å². The van der Waals surface area contributed by atoms with Gasteiger partial charge in [0, 0.05) is 23.0 Å². The van der Waals surface area contributed by atoms with Crippen LogP contribution in [0.3, 0.4) is 0 Å². The molecule has 4 aliphatic rings. The largest absolute Gasteiger partial charge is 0.278 e. The van der Waals surface area contributed by atoms with E-state index in [0.29, 0.717) is 11.1 Å². The zero-order valence-corrected chi connectivity index (χ0v) is 32.5. The molecule has 0 aliphatic heterocycles. The maximum absolute atomic E-state index is 12.7. The highest BCUT2D eigenvalue weighted by Gasteiger charge is 2.53. The third kappa shape index (κ3) is 7.48. The molecule has 0 saturated heterocycles. The molecule has 0 radical (unpaired) electrons. The molecule has 0 bridgehead atoms. The Morgan fingerprint density at radius 1 is 0.500 bits per heavy atom. The Kier molecular flexibility index (Phi) is 11.8. The van der Waals surface area contributed by atoms with E-state index in [1.807, 2.05) is 146 Å². The zero-order valence-electron chi connectivity index (χ0n) is 31.0. The summed E-state index contributed by atoms with van der Waals surface area (Å²) in [5, 5.41) is 20.7. The first-order chi connectivity index (χ1) is 28.3. The quantitative estimate of drug-likeness (QED) is 0.181. The van der Waals surface area contributed by atoms with E-state index < -0.39 is 22.6 Å². The Hall–Kier alpha value is -6.96. The van der Waals surface area contributed by atoms with Crippen LogP contribution in [0, 0.1) is 45.3 Å². The number of rotatable bonds is 6. The fourth-order valence-corrected chi connectivity index (χ4v) is 8.21. The number of aliphatic imine (C=N–C) groups is 2. The second kappa shape index (κ2) is 17.5. The number of fused-ring (bicyclic) bond motifs is 2. The van der Waals surface area contributed by atoms with Gasteiger partial charge in [0.1, 0.15) is 21.2 Å². The molecule has 0 saturated carbocycles. The Morgan fingerprint density at radius 2 is 0.845 bits per heavy atom. The lowest BCUT2D eigenvalue weighted by Gasteiger charge is -2.29. The topological polar surface area (TPSA) is 106 Å². The minimum Gasteiger partial charge on any atom is -0.267 e. The Morgan fingerprint density at radius 3 is 1.19 bits per heavy atom. The van der Waals surface area contributed by atoms with Crippen molar-refractivity contribution in [2.24, 2.45) is 32.7 Å². The maximum Gasteiger partial charge on any atom is 0.278 e. The first-order valence-corrected chi connectivity index (χ1v) is 19.2. The smallest absolute Gasteiger partial charge is 0.267 e. The van der Waals surface area contributed by atoms with Gasteiger partial charge in [0.05, 0.1) is 12.1 Å². The summed E-state index contributed by atoms with van der Waals surface area (Å²) in [5.74, 6) is -1.60. The summed E-state index contributed by atoms with van der Waals surface area (Å²) in [5.41, 5.74) is 3.45. The summed E-state index contributed by atoms with van der Waals surface area (Å²) in [6.07, 6.45) is 23.2. The lowest BCUT2D eigenvalue weighted by molar-refractivity contribution is 0.0994. The minimum atomic E-state index is -1.28. The van der Waals surface area contributed by atoms with E-state index in [2.05, 4.69) is 22.1 Å². The van der Waals surface area contributed by atoms with Gasteiger partial charge in [-0.25, -0.2) is 0 Å². The van der Waals surface area contributed by atoms with E-state index in [1.54, 1.807) is 48.5 Å². The summed E-state index contributed by atoms with van der Waals surface area (Å²) >= 11 is 13.4. The SMILES string of the molecule is N#C[C@@]1(C(Cl)=NC(=O)c2ccccc2)C(c2ccccc2)=CC2=CC=CC=C[C@@H]21.N#C[C@@]1(C(Cl)=NC(=O)c2ccccc2)C(c2ccccc2)=CC2=CC=CC=C[C@@H]21. The van der Waals surface area contributed by atoms with E-state index in [-0.39, 0.29) is 22.2 Å². The predicted octanol–water partition coefficient (Wildman–Crippen LogP) is 11.5. The van der Waals surface area contributed by atoms with Crippen molar-refractivity contribution >= 4 is 56.5 Å². The van der Waals surface area contributed by atoms with Crippen LogP contribution >= 0.6 is 23.2 Å². The van der Waals surface area contributed by atoms with Crippen LogP contribution in [-0.4, -0.2) is 22.2 Å². The van der Waals surface area contributed by atoms with Crippen LogP contribution in [0.2, 0.25) is 0 Å². The van der Waals surface area contributed by atoms with Crippen LogP contribution in [0.1, 0.15) is 31.8 Å². The lowest BCUT2D eigenvalue weighted by Crippen LogP contribution is -2.33. The van der Waals surface area contributed by atoms with Crippen molar-refractivity contribution in [2.75, 3.05) is 0 Å². The first-order valence-electron chi connectivity index (χ1n) is 18.5. The number of amides is 2. The Bertz CT molecular complexity index is 2450. The van der Waals surface area contributed by atoms with E-state index >= 15 is 0 Å². The highest BCUT2D eigenvalue weighted by Crippen LogP contribution is 2.55. The highest BCUT2D eigenvalue weighted by atomic mass is 35.5. The van der Waals surface area contributed by atoms with Crippen molar-refractivity contribution in [3.63, 3.8) is 0 Å². The molecule has 8 rings (SSSR count). The molecular formula is C50H34Cl2N4O2. The fraction of sp³-hybridized carbons (Fsp3) is 0.0800. The van der Waals surface area contributed by atoms with Gasteiger partial charge in [-0.1, -0.05) is 193 Å². The second-order valence-electron chi connectivity index (χ2n) is 13.7. The van der Waals surface area contributed by atoms with E-state index in [9.17, 15) is 20.1 Å². The zero-order chi connectivity index (χ0) is 40.5. The molecule has 280 valence electrons. The number of nitrogens with zero attached hydrogens (tertiary/aromatic N) is 4. The third-order valence-electron chi connectivity index (χ3n) is 10.4. The molecule has 0 fully saturated rings. The van der Waals surface area contributed by atoms with Gasteiger partial charge in [0.2, 0.25) is 0 Å². The van der Waals surface area contributed by atoms with Crippen LogP contribution in [-0.2, 0) is 0 Å². The average Bonchev–Trinajstić information content (AvgIpc) is 3.50.